The summed E-state index contributed by atoms with van der Waals surface area (Å²) in [4.78, 5) is 13.1. The van der Waals surface area contributed by atoms with Crippen molar-refractivity contribution in [1.82, 2.24) is 10.2 Å². The van der Waals surface area contributed by atoms with Crippen molar-refractivity contribution in [2.24, 2.45) is 0 Å². The van der Waals surface area contributed by atoms with E-state index in [1.165, 1.54) is 17.7 Å². The third-order valence-corrected chi connectivity index (χ3v) is 3.81. The van der Waals surface area contributed by atoms with E-state index in [-0.39, 0.29) is 11.7 Å². The summed E-state index contributed by atoms with van der Waals surface area (Å²) in [7, 11) is -1.56. The number of sulfone groups is 1. The lowest BCUT2D eigenvalue weighted by molar-refractivity contribution is -0.127. The Morgan fingerprint density at radius 2 is 2.12 bits per heavy atom. The Hall–Kier alpha value is -0.620. The van der Waals surface area contributed by atoms with Crippen LogP contribution < -0.4 is 5.32 Å². The van der Waals surface area contributed by atoms with E-state index in [0.29, 0.717) is 12.6 Å². The van der Waals surface area contributed by atoms with Gasteiger partial charge in [0.25, 0.3) is 0 Å². The average molecular weight is 262 g/mol. The zero-order valence-corrected chi connectivity index (χ0v) is 11.4. The number of hydrogen-bond donors (Lipinski definition) is 1. The predicted octanol–water partition coefficient (Wildman–Crippen LogP) is 0.0216. The molecule has 0 bridgehead atoms. The summed E-state index contributed by atoms with van der Waals surface area (Å²) in [5.74, 6) is -0.704. The maximum atomic E-state index is 11.6. The van der Waals surface area contributed by atoms with Crippen molar-refractivity contribution in [1.29, 1.82) is 0 Å². The highest BCUT2D eigenvalue weighted by molar-refractivity contribution is 7.91. The van der Waals surface area contributed by atoms with Gasteiger partial charge in [-0.15, -0.1) is 0 Å². The van der Waals surface area contributed by atoms with Gasteiger partial charge in [0.15, 0.2) is 9.84 Å². The highest BCUT2D eigenvalue weighted by atomic mass is 32.2. The molecule has 17 heavy (non-hydrogen) atoms. The zero-order valence-electron chi connectivity index (χ0n) is 10.6. The summed E-state index contributed by atoms with van der Waals surface area (Å²) in [5, 5.41) is 3.41. The molecule has 1 atom stereocenters. The summed E-state index contributed by atoms with van der Waals surface area (Å²) in [5.41, 5.74) is 0. The van der Waals surface area contributed by atoms with Crippen LogP contribution in [0.1, 0.15) is 25.7 Å². The van der Waals surface area contributed by atoms with Gasteiger partial charge in [-0.25, -0.2) is 8.42 Å². The number of piperidine rings is 1. The van der Waals surface area contributed by atoms with Crippen LogP contribution in [0.2, 0.25) is 0 Å². The fourth-order valence-electron chi connectivity index (χ4n) is 1.98. The molecular weight excluding hydrogens is 240 g/mol. The molecule has 0 radical (unpaired) electrons. The Morgan fingerprint density at radius 1 is 1.41 bits per heavy atom. The molecule has 6 heteroatoms. The van der Waals surface area contributed by atoms with E-state index in [9.17, 15) is 13.2 Å². The number of carbonyl (C=O) groups excluding carboxylic acids is 1. The molecule has 1 aliphatic heterocycles. The van der Waals surface area contributed by atoms with Crippen molar-refractivity contribution in [3.05, 3.63) is 0 Å². The number of nitrogens with zero attached hydrogens (tertiary/aromatic N) is 1. The average Bonchev–Trinajstić information content (AvgIpc) is 2.25. The minimum atomic E-state index is -3.22. The smallest absolute Gasteiger partial charge is 0.237 e. The van der Waals surface area contributed by atoms with Gasteiger partial charge in [0.2, 0.25) is 5.91 Å². The summed E-state index contributed by atoms with van der Waals surface area (Å²) in [6.07, 6.45) is 5.58. The molecule has 1 saturated heterocycles. The van der Waals surface area contributed by atoms with Gasteiger partial charge in [-0.05, 0) is 25.8 Å². The summed E-state index contributed by atoms with van der Waals surface area (Å²) >= 11 is 0. The van der Waals surface area contributed by atoms with Crippen LogP contribution >= 0.6 is 0 Å². The van der Waals surface area contributed by atoms with Crippen LogP contribution in [0.5, 0.6) is 0 Å². The molecule has 1 N–H and O–H groups in total. The van der Waals surface area contributed by atoms with Crippen molar-refractivity contribution >= 4 is 15.7 Å². The fourth-order valence-corrected chi connectivity index (χ4v) is 2.65. The van der Waals surface area contributed by atoms with Crippen molar-refractivity contribution in [2.75, 3.05) is 32.1 Å². The van der Waals surface area contributed by atoms with Crippen LogP contribution in [0.3, 0.4) is 0 Å². The summed E-state index contributed by atoms with van der Waals surface area (Å²) < 4.78 is 22.0. The van der Waals surface area contributed by atoms with Crippen molar-refractivity contribution in [3.8, 4) is 0 Å². The summed E-state index contributed by atoms with van der Waals surface area (Å²) in [6.45, 7) is 1.66. The zero-order chi connectivity index (χ0) is 12.9. The standard InChI is InChI=1S/C11H22N2O3S/c1-13(11(14)9-17(2,15)16)8-6-10-5-3-4-7-12-10/h10,12H,3-9H2,1-2H3. The molecule has 0 aromatic carbocycles. The van der Waals surface area contributed by atoms with Crippen LogP contribution in [0.15, 0.2) is 0 Å². The molecule has 0 aliphatic carbocycles. The van der Waals surface area contributed by atoms with Gasteiger partial charge < -0.3 is 10.2 Å². The fraction of sp³-hybridized carbons (Fsp3) is 0.909. The minimum Gasteiger partial charge on any atom is -0.345 e. The van der Waals surface area contributed by atoms with Crippen LogP contribution in [-0.4, -0.2) is 57.4 Å². The normalized spacial score (nSPS) is 21.2. The lowest BCUT2D eigenvalue weighted by Crippen LogP contribution is -2.39. The molecule has 1 aliphatic rings. The molecule has 0 spiro atoms. The summed E-state index contributed by atoms with van der Waals surface area (Å²) in [6, 6.07) is 0.470. The van der Waals surface area contributed by atoms with Gasteiger partial charge in [-0.2, -0.15) is 0 Å². The largest absolute Gasteiger partial charge is 0.345 e. The molecule has 1 rings (SSSR count). The molecule has 1 unspecified atom stereocenters. The quantitative estimate of drug-likeness (QED) is 0.758. The molecular formula is C11H22N2O3S. The maximum absolute atomic E-state index is 11.6. The van der Waals surface area contributed by atoms with Crippen LogP contribution in [0.25, 0.3) is 0 Å². The lowest BCUT2D eigenvalue weighted by Gasteiger charge is -2.25. The first-order valence-corrected chi connectivity index (χ1v) is 8.09. The van der Waals surface area contributed by atoms with Gasteiger partial charge in [0.05, 0.1) is 0 Å². The third kappa shape index (κ3) is 6.02. The number of nitrogens with one attached hydrogen (secondary N) is 1. The Kier molecular flexibility index (Phi) is 5.39. The number of carbonyl (C=O) groups is 1. The Labute approximate surface area is 103 Å². The first-order valence-electron chi connectivity index (χ1n) is 6.03. The Morgan fingerprint density at radius 3 is 2.65 bits per heavy atom. The Bertz CT molecular complexity index is 348. The first kappa shape index (κ1) is 14.4. The third-order valence-electron chi connectivity index (χ3n) is 3.04. The molecule has 0 aromatic rings. The van der Waals surface area contributed by atoms with Gasteiger partial charge in [0, 0.05) is 25.9 Å². The molecule has 1 heterocycles. The molecule has 5 nitrogen and oxygen atoms in total. The lowest BCUT2D eigenvalue weighted by atomic mass is 10.0. The van der Waals surface area contributed by atoms with Crippen molar-refractivity contribution < 1.29 is 13.2 Å². The van der Waals surface area contributed by atoms with Crippen LogP contribution in [-0.2, 0) is 14.6 Å². The van der Waals surface area contributed by atoms with Crippen molar-refractivity contribution in [3.63, 3.8) is 0 Å². The second kappa shape index (κ2) is 6.35. The van der Waals surface area contributed by atoms with E-state index >= 15 is 0 Å². The molecule has 0 aromatic heterocycles. The molecule has 1 fully saturated rings. The Balaban J connectivity index is 2.28. The van der Waals surface area contributed by atoms with Crippen LogP contribution in [0, 0.1) is 0 Å². The van der Waals surface area contributed by atoms with E-state index in [0.717, 1.165) is 25.6 Å². The van der Waals surface area contributed by atoms with E-state index in [1.54, 1.807) is 7.05 Å². The molecule has 0 saturated carbocycles. The van der Waals surface area contributed by atoms with Crippen molar-refractivity contribution in [2.45, 2.75) is 31.7 Å². The van der Waals surface area contributed by atoms with E-state index in [2.05, 4.69) is 5.32 Å². The molecule has 1 amide bonds. The number of amides is 1. The van der Waals surface area contributed by atoms with E-state index in [4.69, 9.17) is 0 Å². The monoisotopic (exact) mass is 262 g/mol. The highest BCUT2D eigenvalue weighted by Gasteiger charge is 2.17. The molecule has 100 valence electrons. The minimum absolute atomic E-state index is 0.316. The second-order valence-corrected chi connectivity index (χ2v) is 6.96. The van der Waals surface area contributed by atoms with Gasteiger partial charge in [-0.1, -0.05) is 6.42 Å². The first-order chi connectivity index (χ1) is 7.88. The second-order valence-electron chi connectivity index (χ2n) is 4.82. The van der Waals surface area contributed by atoms with Gasteiger partial charge in [0.1, 0.15) is 5.75 Å². The topological polar surface area (TPSA) is 66.5 Å². The maximum Gasteiger partial charge on any atom is 0.237 e. The van der Waals surface area contributed by atoms with E-state index < -0.39 is 9.84 Å². The predicted molar refractivity (Wildman–Crippen MR) is 67.6 cm³/mol. The van der Waals surface area contributed by atoms with E-state index in [1.807, 2.05) is 0 Å². The highest BCUT2D eigenvalue weighted by Crippen LogP contribution is 2.10. The van der Waals surface area contributed by atoms with Crippen LogP contribution in [0.4, 0.5) is 0 Å². The number of hydrogen-bond acceptors (Lipinski definition) is 4. The van der Waals surface area contributed by atoms with Gasteiger partial charge in [-0.3, -0.25) is 4.79 Å². The van der Waals surface area contributed by atoms with Gasteiger partial charge >= 0.3 is 0 Å². The number of rotatable bonds is 5. The SMILES string of the molecule is CN(CCC1CCCCN1)C(=O)CS(C)(=O)=O.